The lowest BCUT2D eigenvalue weighted by Crippen LogP contribution is -2.33. The molecule has 5 rings (SSSR count). The SMILES string of the molecule is Cc1ccc(S(=O)(=O)N2CCc3c(nn(-c4cccc(C(F)(F)F)c4)c3O)-c3cccnc32)cc1. The van der Waals surface area contributed by atoms with E-state index in [-0.39, 0.29) is 40.9 Å². The van der Waals surface area contributed by atoms with Gasteiger partial charge in [0.1, 0.15) is 5.69 Å². The first-order valence-electron chi connectivity index (χ1n) is 10.6. The van der Waals surface area contributed by atoms with Crippen molar-refractivity contribution in [2.45, 2.75) is 24.4 Å². The predicted molar refractivity (Wildman–Crippen MR) is 123 cm³/mol. The summed E-state index contributed by atoms with van der Waals surface area (Å²) in [6.45, 7) is 1.80. The van der Waals surface area contributed by atoms with Crippen LogP contribution in [0.25, 0.3) is 16.9 Å². The van der Waals surface area contributed by atoms with Gasteiger partial charge in [0.05, 0.1) is 16.1 Å². The number of hydrogen-bond acceptors (Lipinski definition) is 5. The molecule has 0 atom stereocenters. The van der Waals surface area contributed by atoms with Crippen molar-refractivity contribution in [1.29, 1.82) is 0 Å². The Balaban J connectivity index is 1.63. The third kappa shape index (κ3) is 3.91. The summed E-state index contributed by atoms with van der Waals surface area (Å²) in [7, 11) is -3.98. The first-order chi connectivity index (χ1) is 16.6. The molecular formula is C24H19F3N4O3S. The van der Waals surface area contributed by atoms with Crippen molar-refractivity contribution in [1.82, 2.24) is 14.8 Å². The lowest BCUT2D eigenvalue weighted by atomic mass is 10.1. The van der Waals surface area contributed by atoms with Crippen LogP contribution in [0.5, 0.6) is 5.88 Å². The lowest BCUT2D eigenvalue weighted by molar-refractivity contribution is -0.137. The number of hydrogen-bond donors (Lipinski definition) is 1. The molecule has 35 heavy (non-hydrogen) atoms. The number of fused-ring (bicyclic) bond motifs is 3. The zero-order valence-corrected chi connectivity index (χ0v) is 19.2. The molecular weight excluding hydrogens is 481 g/mol. The van der Waals surface area contributed by atoms with E-state index in [1.807, 2.05) is 6.92 Å². The van der Waals surface area contributed by atoms with Crippen LogP contribution in [0.15, 0.2) is 71.8 Å². The number of sulfonamides is 1. The molecule has 4 aromatic rings. The van der Waals surface area contributed by atoms with Crippen molar-refractivity contribution in [3.8, 4) is 22.8 Å². The van der Waals surface area contributed by atoms with Crippen LogP contribution in [-0.2, 0) is 22.6 Å². The van der Waals surface area contributed by atoms with Gasteiger partial charge in [-0.15, -0.1) is 0 Å². The highest BCUT2D eigenvalue weighted by Gasteiger charge is 2.35. The fourth-order valence-corrected chi connectivity index (χ4v) is 5.49. The fourth-order valence-electron chi connectivity index (χ4n) is 4.05. The topological polar surface area (TPSA) is 88.3 Å². The normalized spacial score (nSPS) is 13.8. The predicted octanol–water partition coefficient (Wildman–Crippen LogP) is 4.72. The quantitative estimate of drug-likeness (QED) is 0.440. The molecule has 0 spiro atoms. The summed E-state index contributed by atoms with van der Waals surface area (Å²) in [6.07, 6.45) is -3.04. The highest BCUT2D eigenvalue weighted by atomic mass is 32.2. The molecule has 7 nitrogen and oxygen atoms in total. The molecule has 0 amide bonds. The molecule has 1 aliphatic heterocycles. The van der Waals surface area contributed by atoms with Gasteiger partial charge >= 0.3 is 6.18 Å². The van der Waals surface area contributed by atoms with Crippen LogP contribution < -0.4 is 4.31 Å². The Morgan fingerprint density at radius 2 is 1.77 bits per heavy atom. The summed E-state index contributed by atoms with van der Waals surface area (Å²) < 4.78 is 68.8. The third-order valence-corrected chi connectivity index (χ3v) is 7.63. The molecule has 0 radical (unpaired) electrons. The lowest BCUT2D eigenvalue weighted by Gasteiger charge is -2.23. The minimum Gasteiger partial charge on any atom is -0.493 e. The maximum atomic E-state index is 13.5. The zero-order valence-electron chi connectivity index (χ0n) is 18.4. The summed E-state index contributed by atoms with van der Waals surface area (Å²) in [5.74, 6) is -0.232. The van der Waals surface area contributed by atoms with E-state index < -0.39 is 21.8 Å². The monoisotopic (exact) mass is 500 g/mol. The second-order valence-electron chi connectivity index (χ2n) is 8.13. The molecule has 0 fully saturated rings. The number of anilines is 1. The number of aromatic hydroxyl groups is 1. The van der Waals surface area contributed by atoms with Crippen molar-refractivity contribution >= 4 is 15.8 Å². The van der Waals surface area contributed by atoms with E-state index in [9.17, 15) is 26.7 Å². The first-order valence-corrected chi connectivity index (χ1v) is 12.0. The Morgan fingerprint density at radius 1 is 1.03 bits per heavy atom. The Bertz CT molecular complexity index is 1530. The Labute approximate surface area is 199 Å². The van der Waals surface area contributed by atoms with Crippen LogP contribution in [0.2, 0.25) is 0 Å². The molecule has 1 N–H and O–H groups in total. The zero-order chi connectivity index (χ0) is 25.0. The van der Waals surface area contributed by atoms with E-state index in [2.05, 4.69) is 10.1 Å². The largest absolute Gasteiger partial charge is 0.493 e. The Hall–Kier alpha value is -3.86. The average molecular weight is 501 g/mol. The van der Waals surface area contributed by atoms with Gasteiger partial charge in [-0.1, -0.05) is 23.8 Å². The van der Waals surface area contributed by atoms with Crippen molar-refractivity contribution < 1.29 is 26.7 Å². The number of aromatic nitrogens is 3. The maximum absolute atomic E-state index is 13.5. The van der Waals surface area contributed by atoms with Crippen LogP contribution >= 0.6 is 0 Å². The molecule has 1 aliphatic rings. The molecule has 2 aromatic heterocycles. The van der Waals surface area contributed by atoms with E-state index in [1.165, 1.54) is 34.8 Å². The molecule has 2 aromatic carbocycles. The van der Waals surface area contributed by atoms with Crippen molar-refractivity contribution in [3.63, 3.8) is 0 Å². The number of alkyl halides is 3. The molecule has 0 aliphatic carbocycles. The van der Waals surface area contributed by atoms with Crippen LogP contribution in [0, 0.1) is 6.92 Å². The second-order valence-corrected chi connectivity index (χ2v) is 9.99. The number of halogens is 3. The second kappa shape index (κ2) is 8.12. The number of pyridine rings is 1. The van der Waals surface area contributed by atoms with E-state index >= 15 is 0 Å². The minimum atomic E-state index is -4.56. The van der Waals surface area contributed by atoms with Crippen molar-refractivity contribution in [2.75, 3.05) is 10.8 Å². The van der Waals surface area contributed by atoms with Gasteiger partial charge in [-0.2, -0.15) is 18.3 Å². The average Bonchev–Trinajstić information content (AvgIpc) is 3.05. The van der Waals surface area contributed by atoms with E-state index in [1.54, 1.807) is 24.3 Å². The van der Waals surface area contributed by atoms with Gasteiger partial charge in [0, 0.05) is 23.9 Å². The van der Waals surface area contributed by atoms with E-state index in [0.29, 0.717) is 11.1 Å². The van der Waals surface area contributed by atoms with Crippen LogP contribution in [-0.4, -0.2) is 34.8 Å². The molecule has 0 saturated carbocycles. The van der Waals surface area contributed by atoms with E-state index in [0.717, 1.165) is 22.4 Å². The van der Waals surface area contributed by atoms with E-state index in [4.69, 9.17) is 0 Å². The summed E-state index contributed by atoms with van der Waals surface area (Å²) in [5.41, 5.74) is 0.976. The molecule has 11 heteroatoms. The van der Waals surface area contributed by atoms with Gasteiger partial charge in [0.15, 0.2) is 5.82 Å². The van der Waals surface area contributed by atoms with Gasteiger partial charge in [0.25, 0.3) is 10.0 Å². The summed E-state index contributed by atoms with van der Waals surface area (Å²) in [5, 5.41) is 15.3. The molecule has 0 unspecified atom stereocenters. The smallest absolute Gasteiger partial charge is 0.416 e. The molecule has 180 valence electrons. The molecule has 0 bridgehead atoms. The van der Waals surface area contributed by atoms with Gasteiger partial charge in [0.2, 0.25) is 5.88 Å². The first kappa shape index (κ1) is 22.9. The van der Waals surface area contributed by atoms with Crippen LogP contribution in [0.1, 0.15) is 16.7 Å². The standard InChI is InChI=1S/C24H19F3N4O3S/c1-15-7-9-18(10-8-15)35(33,34)30-13-11-20-21(19-6-3-12-28-22(19)30)29-31(23(20)32)17-5-2-4-16(14-17)24(25,26)27/h2-10,12,14,32H,11,13H2,1H3. The van der Waals surface area contributed by atoms with Gasteiger partial charge in [-0.25, -0.2) is 22.4 Å². The molecule has 0 saturated heterocycles. The Morgan fingerprint density at radius 3 is 2.49 bits per heavy atom. The molecule has 3 heterocycles. The highest BCUT2D eigenvalue weighted by molar-refractivity contribution is 7.92. The van der Waals surface area contributed by atoms with Gasteiger partial charge in [-0.3, -0.25) is 0 Å². The number of rotatable bonds is 3. The minimum absolute atomic E-state index is 0.0278. The van der Waals surface area contributed by atoms with Crippen molar-refractivity contribution in [2.24, 2.45) is 0 Å². The van der Waals surface area contributed by atoms with Gasteiger partial charge in [-0.05, 0) is 55.8 Å². The van der Waals surface area contributed by atoms with Crippen LogP contribution in [0.3, 0.4) is 0 Å². The maximum Gasteiger partial charge on any atom is 0.416 e. The summed E-state index contributed by atoms with van der Waals surface area (Å²) in [4.78, 5) is 4.39. The fraction of sp³-hybridized carbons (Fsp3) is 0.167. The number of aryl methyl sites for hydroxylation is 1. The summed E-state index contributed by atoms with van der Waals surface area (Å²) in [6, 6.07) is 14.1. The van der Waals surface area contributed by atoms with Gasteiger partial charge < -0.3 is 5.11 Å². The van der Waals surface area contributed by atoms with Crippen molar-refractivity contribution in [3.05, 3.63) is 83.6 Å². The van der Waals surface area contributed by atoms with Crippen LogP contribution in [0.4, 0.5) is 19.0 Å². The third-order valence-electron chi connectivity index (χ3n) is 5.83. The number of benzene rings is 2. The number of nitrogens with zero attached hydrogens (tertiary/aromatic N) is 4. The highest BCUT2D eigenvalue weighted by Crippen LogP contribution is 2.41. The Kier molecular flexibility index (Phi) is 5.32. The summed E-state index contributed by atoms with van der Waals surface area (Å²) >= 11 is 0.